The summed E-state index contributed by atoms with van der Waals surface area (Å²) in [6.45, 7) is 1.41. The van der Waals surface area contributed by atoms with Gasteiger partial charge < -0.3 is 0 Å². The average Bonchev–Trinajstić information content (AvgIpc) is 3.27. The van der Waals surface area contributed by atoms with Crippen molar-refractivity contribution in [3.8, 4) is 11.3 Å². The van der Waals surface area contributed by atoms with Crippen molar-refractivity contribution >= 4 is 28.7 Å². The fourth-order valence-corrected chi connectivity index (χ4v) is 3.95. The van der Waals surface area contributed by atoms with Crippen LogP contribution in [0.2, 0.25) is 5.02 Å². The van der Waals surface area contributed by atoms with E-state index in [0.717, 1.165) is 40.5 Å². The molecule has 0 saturated carbocycles. The number of imidazole rings is 1. The third-order valence-corrected chi connectivity index (χ3v) is 5.41. The summed E-state index contributed by atoms with van der Waals surface area (Å²) in [4.78, 5) is 13.3. The molecule has 3 nitrogen and oxygen atoms in total. The minimum atomic E-state index is 0.174. The number of ketones is 1. The Morgan fingerprint density at radius 1 is 1.26 bits per heavy atom. The lowest BCUT2D eigenvalue weighted by Crippen LogP contribution is -2.39. The molecule has 0 radical (unpaired) electrons. The number of rotatable bonds is 4. The van der Waals surface area contributed by atoms with Gasteiger partial charge in [-0.2, -0.15) is 0 Å². The SMILES string of the molecule is O=C(C[n+]1cc(-c2ccc(Cl)cc2)n2c1CCC2)c1cccs1. The first kappa shape index (κ1) is 14.7. The van der Waals surface area contributed by atoms with Crippen molar-refractivity contribution in [2.24, 2.45) is 0 Å². The Labute approximate surface area is 143 Å². The molecule has 0 atom stereocenters. The molecule has 116 valence electrons. The van der Waals surface area contributed by atoms with Crippen molar-refractivity contribution < 1.29 is 9.36 Å². The summed E-state index contributed by atoms with van der Waals surface area (Å²) in [5.41, 5.74) is 2.30. The van der Waals surface area contributed by atoms with Crippen LogP contribution in [0.4, 0.5) is 0 Å². The Kier molecular flexibility index (Phi) is 3.79. The van der Waals surface area contributed by atoms with Gasteiger partial charge in [0.05, 0.1) is 17.8 Å². The summed E-state index contributed by atoms with van der Waals surface area (Å²) in [5, 5.41) is 2.68. The lowest BCUT2D eigenvalue weighted by Gasteiger charge is -1.98. The van der Waals surface area contributed by atoms with Crippen LogP contribution in [0, 0.1) is 0 Å². The molecule has 1 aliphatic rings. The highest BCUT2D eigenvalue weighted by molar-refractivity contribution is 7.12. The van der Waals surface area contributed by atoms with Crippen molar-refractivity contribution in [1.29, 1.82) is 0 Å². The molecule has 4 rings (SSSR count). The number of hydrogen-bond acceptors (Lipinski definition) is 2. The number of carbonyl (C=O) groups is 1. The summed E-state index contributed by atoms with van der Waals surface area (Å²) in [5.74, 6) is 1.41. The largest absolute Gasteiger partial charge is 0.289 e. The zero-order valence-electron chi connectivity index (χ0n) is 12.5. The maximum absolute atomic E-state index is 12.4. The number of hydrogen-bond donors (Lipinski definition) is 0. The van der Waals surface area contributed by atoms with Gasteiger partial charge in [-0.05, 0) is 42.1 Å². The van der Waals surface area contributed by atoms with Crippen LogP contribution in [0.1, 0.15) is 21.9 Å². The van der Waals surface area contributed by atoms with Crippen molar-refractivity contribution in [2.45, 2.75) is 25.9 Å². The number of carbonyl (C=O) groups excluding carboxylic acids is 1. The van der Waals surface area contributed by atoms with Gasteiger partial charge in [0.2, 0.25) is 5.78 Å². The van der Waals surface area contributed by atoms with Gasteiger partial charge in [-0.3, -0.25) is 4.79 Å². The second-order valence-electron chi connectivity index (χ2n) is 5.72. The minimum Gasteiger partial charge on any atom is -0.289 e. The van der Waals surface area contributed by atoms with Gasteiger partial charge >= 0.3 is 0 Å². The molecule has 1 aromatic carbocycles. The standard InChI is InChI=1S/C18H16ClN2OS/c19-14-7-5-13(6-8-14)15-11-20(18-4-1-9-21(15)18)12-16(22)17-3-2-10-23-17/h2-3,5-8,10-11H,1,4,9,12H2/q+1. The Balaban J connectivity index is 1.70. The first-order valence-corrected chi connectivity index (χ1v) is 8.92. The van der Waals surface area contributed by atoms with Crippen LogP contribution in [0.5, 0.6) is 0 Å². The molecule has 5 heteroatoms. The van der Waals surface area contributed by atoms with Crippen LogP contribution < -0.4 is 4.57 Å². The minimum absolute atomic E-state index is 0.174. The highest BCUT2D eigenvalue weighted by Gasteiger charge is 2.29. The maximum Gasteiger partial charge on any atom is 0.257 e. The molecule has 2 aromatic heterocycles. The fraction of sp³-hybridized carbons (Fsp3) is 0.222. The normalized spacial score (nSPS) is 13.3. The van der Waals surface area contributed by atoms with Crippen LogP contribution in [-0.4, -0.2) is 10.4 Å². The number of aromatic nitrogens is 2. The van der Waals surface area contributed by atoms with Crippen molar-refractivity contribution in [3.05, 3.63) is 63.7 Å². The molecule has 0 N–H and O–H groups in total. The first-order valence-electron chi connectivity index (χ1n) is 7.67. The monoisotopic (exact) mass is 343 g/mol. The fourth-order valence-electron chi connectivity index (χ4n) is 3.17. The molecule has 3 heterocycles. The summed E-state index contributed by atoms with van der Waals surface area (Å²) in [7, 11) is 0. The van der Waals surface area contributed by atoms with Crippen molar-refractivity contribution in [1.82, 2.24) is 4.57 Å². The van der Waals surface area contributed by atoms with Crippen LogP contribution >= 0.6 is 22.9 Å². The Bertz CT molecular complexity index is 850. The predicted molar refractivity (Wildman–Crippen MR) is 92.0 cm³/mol. The van der Waals surface area contributed by atoms with Crippen LogP contribution in [0.3, 0.4) is 0 Å². The molecule has 0 fully saturated rings. The third-order valence-electron chi connectivity index (χ3n) is 4.24. The molecular formula is C18H16ClN2OS+. The summed E-state index contributed by atoms with van der Waals surface area (Å²) in [6.07, 6.45) is 4.25. The smallest absolute Gasteiger partial charge is 0.257 e. The van der Waals surface area contributed by atoms with Crippen LogP contribution in [0.25, 0.3) is 11.3 Å². The van der Waals surface area contributed by atoms with E-state index in [1.54, 1.807) is 0 Å². The molecule has 3 aromatic rings. The van der Waals surface area contributed by atoms with Crippen LogP contribution in [0.15, 0.2) is 48.0 Å². The number of nitrogens with zero attached hydrogens (tertiary/aromatic N) is 2. The lowest BCUT2D eigenvalue weighted by molar-refractivity contribution is -0.689. The zero-order valence-corrected chi connectivity index (χ0v) is 14.1. The lowest BCUT2D eigenvalue weighted by atomic mass is 10.1. The maximum atomic E-state index is 12.4. The molecule has 0 spiro atoms. The van der Waals surface area contributed by atoms with Crippen molar-refractivity contribution in [2.75, 3.05) is 0 Å². The van der Waals surface area contributed by atoms with Gasteiger partial charge in [-0.15, -0.1) is 11.3 Å². The first-order chi connectivity index (χ1) is 11.2. The number of Topliss-reactive ketones (excluding diaryl/α,β-unsaturated/α-hetero) is 1. The highest BCUT2D eigenvalue weighted by atomic mass is 35.5. The second-order valence-corrected chi connectivity index (χ2v) is 7.11. The van der Waals surface area contributed by atoms with E-state index >= 15 is 0 Å². The summed E-state index contributed by atoms with van der Waals surface area (Å²) in [6, 6.07) is 11.7. The number of halogens is 1. The molecule has 0 unspecified atom stereocenters. The molecule has 23 heavy (non-hydrogen) atoms. The van der Waals surface area contributed by atoms with E-state index in [0.29, 0.717) is 6.54 Å². The van der Waals surface area contributed by atoms with Gasteiger partial charge in [0.15, 0.2) is 12.2 Å². The topological polar surface area (TPSA) is 25.9 Å². The van der Waals surface area contributed by atoms with Gasteiger partial charge in [-0.25, -0.2) is 9.13 Å². The van der Waals surface area contributed by atoms with E-state index < -0.39 is 0 Å². The van der Waals surface area contributed by atoms with E-state index in [1.165, 1.54) is 17.2 Å². The third kappa shape index (κ3) is 2.73. The number of benzene rings is 1. The highest BCUT2D eigenvalue weighted by Crippen LogP contribution is 2.26. The van der Waals surface area contributed by atoms with Gasteiger partial charge in [0.1, 0.15) is 6.20 Å². The average molecular weight is 344 g/mol. The molecular weight excluding hydrogens is 328 g/mol. The van der Waals surface area contributed by atoms with E-state index in [9.17, 15) is 4.79 Å². The van der Waals surface area contributed by atoms with E-state index in [1.807, 2.05) is 41.8 Å². The molecule has 0 amide bonds. The molecule has 0 saturated heterocycles. The Morgan fingerprint density at radius 2 is 2.09 bits per heavy atom. The molecule has 0 bridgehead atoms. The second kappa shape index (κ2) is 5.95. The predicted octanol–water partition coefficient (Wildman–Crippen LogP) is 3.99. The summed E-state index contributed by atoms with van der Waals surface area (Å²) < 4.78 is 4.43. The van der Waals surface area contributed by atoms with E-state index in [2.05, 4.69) is 15.3 Å². The number of fused-ring (bicyclic) bond motifs is 1. The van der Waals surface area contributed by atoms with E-state index in [4.69, 9.17) is 11.6 Å². The van der Waals surface area contributed by atoms with E-state index in [-0.39, 0.29) is 5.78 Å². The van der Waals surface area contributed by atoms with Crippen LogP contribution in [-0.2, 0) is 19.5 Å². The summed E-state index contributed by atoms with van der Waals surface area (Å²) >= 11 is 7.50. The number of thiophene rings is 1. The Hall–Kier alpha value is -1.91. The Morgan fingerprint density at radius 3 is 2.83 bits per heavy atom. The molecule has 1 aliphatic heterocycles. The zero-order chi connectivity index (χ0) is 15.8. The van der Waals surface area contributed by atoms with Gasteiger partial charge in [0.25, 0.3) is 5.82 Å². The molecule has 0 aliphatic carbocycles. The van der Waals surface area contributed by atoms with Gasteiger partial charge in [0, 0.05) is 10.6 Å². The van der Waals surface area contributed by atoms with Gasteiger partial charge in [-0.1, -0.05) is 17.7 Å². The van der Waals surface area contributed by atoms with Crippen molar-refractivity contribution in [3.63, 3.8) is 0 Å². The quantitative estimate of drug-likeness (QED) is 0.519.